The first-order valence-electron chi connectivity index (χ1n) is 8.93. The molecule has 0 aliphatic heterocycles. The Morgan fingerprint density at radius 3 is 2.75 bits per heavy atom. The third kappa shape index (κ3) is 4.19. The first kappa shape index (κ1) is 19.5. The van der Waals surface area contributed by atoms with Gasteiger partial charge in [-0.1, -0.05) is 25.5 Å². The topological polar surface area (TPSA) is 67.3 Å². The average Bonchev–Trinajstić information content (AvgIpc) is 2.70. The SMILES string of the molecule is CCCC(Nc1cncc(-c2ccc(O)c(OC)c2)n1)c1cccc(F)c1F. The molecule has 2 N–H and O–H groups in total. The van der Waals surface area contributed by atoms with Gasteiger partial charge >= 0.3 is 0 Å². The van der Waals surface area contributed by atoms with E-state index in [0.717, 1.165) is 12.5 Å². The molecule has 1 heterocycles. The summed E-state index contributed by atoms with van der Waals surface area (Å²) in [6.45, 7) is 1.97. The number of aromatic nitrogens is 2. The predicted molar refractivity (Wildman–Crippen MR) is 103 cm³/mol. The Balaban J connectivity index is 1.91. The molecular weight excluding hydrogens is 364 g/mol. The van der Waals surface area contributed by atoms with Crippen LogP contribution in [0.25, 0.3) is 11.3 Å². The van der Waals surface area contributed by atoms with Gasteiger partial charge in [-0.2, -0.15) is 0 Å². The van der Waals surface area contributed by atoms with Crippen LogP contribution in [0.3, 0.4) is 0 Å². The van der Waals surface area contributed by atoms with Crippen LogP contribution in [0.4, 0.5) is 14.6 Å². The number of nitrogens with one attached hydrogen (secondary N) is 1. The standard InChI is InChI=1S/C21H21F2N3O2/c1-3-5-16(14-6-4-7-15(22)21(14)23)25-20-12-24-11-17(26-20)13-8-9-18(27)19(10-13)28-2/h4,6-12,16,27H,3,5H2,1-2H3,(H,25,26). The van der Waals surface area contributed by atoms with Crippen LogP contribution in [0.2, 0.25) is 0 Å². The monoisotopic (exact) mass is 385 g/mol. The number of halogens is 2. The Labute approximate surface area is 162 Å². The lowest BCUT2D eigenvalue weighted by atomic mass is 10.0. The summed E-state index contributed by atoms with van der Waals surface area (Å²) in [5.41, 5.74) is 1.51. The molecule has 2 aromatic carbocycles. The molecule has 1 aromatic heterocycles. The van der Waals surface area contributed by atoms with E-state index in [9.17, 15) is 13.9 Å². The quantitative estimate of drug-likeness (QED) is 0.593. The minimum Gasteiger partial charge on any atom is -0.504 e. The molecule has 0 aliphatic rings. The number of benzene rings is 2. The predicted octanol–water partition coefficient (Wildman–Crippen LogP) is 5.09. The molecule has 1 unspecified atom stereocenters. The van der Waals surface area contributed by atoms with Crippen molar-refractivity contribution in [1.82, 2.24) is 9.97 Å². The Kier molecular flexibility index (Phi) is 6.03. The van der Waals surface area contributed by atoms with Gasteiger partial charge in [0, 0.05) is 11.1 Å². The van der Waals surface area contributed by atoms with Crippen LogP contribution in [0.5, 0.6) is 11.5 Å². The maximum atomic E-state index is 14.3. The van der Waals surface area contributed by atoms with Gasteiger partial charge in [-0.05, 0) is 30.7 Å². The van der Waals surface area contributed by atoms with Gasteiger partial charge in [-0.3, -0.25) is 4.98 Å². The molecule has 0 aliphatic carbocycles. The number of hydrogen-bond donors (Lipinski definition) is 2. The summed E-state index contributed by atoms with van der Waals surface area (Å²) in [6.07, 6.45) is 4.48. The zero-order valence-corrected chi connectivity index (χ0v) is 15.6. The minimum absolute atomic E-state index is 0.0260. The van der Waals surface area contributed by atoms with Gasteiger partial charge in [0.05, 0.1) is 31.2 Å². The van der Waals surface area contributed by atoms with Gasteiger partial charge in [-0.15, -0.1) is 0 Å². The van der Waals surface area contributed by atoms with Crippen molar-refractivity contribution < 1.29 is 18.6 Å². The van der Waals surface area contributed by atoms with Crippen LogP contribution in [-0.2, 0) is 0 Å². The van der Waals surface area contributed by atoms with Crippen molar-refractivity contribution in [2.24, 2.45) is 0 Å². The van der Waals surface area contributed by atoms with Crippen molar-refractivity contribution in [2.75, 3.05) is 12.4 Å². The second-order valence-corrected chi connectivity index (χ2v) is 6.30. The minimum atomic E-state index is -0.878. The van der Waals surface area contributed by atoms with E-state index in [1.807, 2.05) is 6.92 Å². The van der Waals surface area contributed by atoms with Gasteiger partial charge < -0.3 is 15.2 Å². The highest BCUT2D eigenvalue weighted by atomic mass is 19.2. The van der Waals surface area contributed by atoms with E-state index < -0.39 is 17.7 Å². The Morgan fingerprint density at radius 2 is 2.00 bits per heavy atom. The van der Waals surface area contributed by atoms with E-state index >= 15 is 0 Å². The average molecular weight is 385 g/mol. The molecule has 0 bridgehead atoms. The Morgan fingerprint density at radius 1 is 1.18 bits per heavy atom. The molecule has 0 saturated heterocycles. The number of hydrogen-bond acceptors (Lipinski definition) is 5. The number of aromatic hydroxyl groups is 1. The van der Waals surface area contributed by atoms with Crippen LogP contribution < -0.4 is 10.1 Å². The van der Waals surface area contributed by atoms with Crippen LogP contribution in [0, 0.1) is 11.6 Å². The smallest absolute Gasteiger partial charge is 0.164 e. The fourth-order valence-electron chi connectivity index (χ4n) is 2.97. The van der Waals surface area contributed by atoms with E-state index in [0.29, 0.717) is 29.2 Å². The number of methoxy groups -OCH3 is 1. The van der Waals surface area contributed by atoms with E-state index in [-0.39, 0.29) is 11.3 Å². The second-order valence-electron chi connectivity index (χ2n) is 6.30. The fourth-order valence-corrected chi connectivity index (χ4v) is 2.97. The molecule has 5 nitrogen and oxygen atoms in total. The van der Waals surface area contributed by atoms with Gasteiger partial charge in [0.1, 0.15) is 5.82 Å². The lowest BCUT2D eigenvalue weighted by Gasteiger charge is -2.20. The van der Waals surface area contributed by atoms with Crippen molar-refractivity contribution in [2.45, 2.75) is 25.8 Å². The van der Waals surface area contributed by atoms with E-state index in [1.54, 1.807) is 24.4 Å². The van der Waals surface area contributed by atoms with Gasteiger partial charge in [0.2, 0.25) is 0 Å². The van der Waals surface area contributed by atoms with Crippen molar-refractivity contribution in [3.63, 3.8) is 0 Å². The van der Waals surface area contributed by atoms with Crippen LogP contribution in [0.15, 0.2) is 48.8 Å². The first-order chi connectivity index (χ1) is 13.5. The molecule has 3 aromatic rings. The van der Waals surface area contributed by atoms with E-state index in [2.05, 4.69) is 15.3 Å². The zero-order chi connectivity index (χ0) is 20.1. The highest BCUT2D eigenvalue weighted by Gasteiger charge is 2.18. The van der Waals surface area contributed by atoms with Gasteiger partial charge in [0.15, 0.2) is 23.1 Å². The molecule has 28 heavy (non-hydrogen) atoms. The summed E-state index contributed by atoms with van der Waals surface area (Å²) in [7, 11) is 1.46. The normalized spacial score (nSPS) is 11.9. The third-order valence-electron chi connectivity index (χ3n) is 4.37. The van der Waals surface area contributed by atoms with E-state index in [1.165, 1.54) is 25.4 Å². The van der Waals surface area contributed by atoms with Crippen LogP contribution >= 0.6 is 0 Å². The number of anilines is 1. The third-order valence-corrected chi connectivity index (χ3v) is 4.37. The number of phenols is 1. The Hall–Kier alpha value is -3.22. The summed E-state index contributed by atoms with van der Waals surface area (Å²) >= 11 is 0. The molecule has 0 fully saturated rings. The number of ether oxygens (including phenoxy) is 1. The van der Waals surface area contributed by atoms with Crippen molar-refractivity contribution >= 4 is 5.82 Å². The molecular formula is C21H21F2N3O2. The number of nitrogens with zero attached hydrogens (tertiary/aromatic N) is 2. The molecule has 0 spiro atoms. The summed E-state index contributed by atoms with van der Waals surface area (Å²) in [5.74, 6) is -0.953. The van der Waals surface area contributed by atoms with Gasteiger partial charge in [0.25, 0.3) is 0 Å². The Bertz CT molecular complexity index is 966. The molecule has 3 rings (SSSR count). The molecule has 7 heteroatoms. The zero-order valence-electron chi connectivity index (χ0n) is 15.6. The van der Waals surface area contributed by atoms with Crippen molar-refractivity contribution in [3.8, 4) is 22.8 Å². The lowest BCUT2D eigenvalue weighted by Crippen LogP contribution is -2.14. The lowest BCUT2D eigenvalue weighted by molar-refractivity contribution is 0.373. The summed E-state index contributed by atoms with van der Waals surface area (Å²) in [6, 6.07) is 8.56. The summed E-state index contributed by atoms with van der Waals surface area (Å²) in [5, 5.41) is 12.9. The number of rotatable bonds is 7. The molecule has 1 atom stereocenters. The molecule has 0 radical (unpaired) electrons. The summed E-state index contributed by atoms with van der Waals surface area (Å²) in [4.78, 5) is 8.71. The van der Waals surface area contributed by atoms with Crippen molar-refractivity contribution in [1.29, 1.82) is 0 Å². The largest absolute Gasteiger partial charge is 0.504 e. The second kappa shape index (κ2) is 8.65. The highest BCUT2D eigenvalue weighted by Crippen LogP contribution is 2.31. The molecule has 0 saturated carbocycles. The fraction of sp³-hybridized carbons (Fsp3) is 0.238. The molecule has 0 amide bonds. The molecule has 146 valence electrons. The maximum Gasteiger partial charge on any atom is 0.164 e. The van der Waals surface area contributed by atoms with E-state index in [4.69, 9.17) is 4.74 Å². The van der Waals surface area contributed by atoms with Crippen LogP contribution in [-0.4, -0.2) is 22.2 Å². The first-order valence-corrected chi connectivity index (χ1v) is 8.93. The van der Waals surface area contributed by atoms with Crippen LogP contribution in [0.1, 0.15) is 31.4 Å². The van der Waals surface area contributed by atoms with Crippen molar-refractivity contribution in [3.05, 3.63) is 66.0 Å². The number of phenolic OH excluding ortho intramolecular Hbond substituents is 1. The van der Waals surface area contributed by atoms with Gasteiger partial charge in [-0.25, -0.2) is 13.8 Å². The summed E-state index contributed by atoms with van der Waals surface area (Å²) < 4.78 is 33.0. The maximum absolute atomic E-state index is 14.3. The highest BCUT2D eigenvalue weighted by molar-refractivity contribution is 5.64.